The molecule has 1 aromatic heterocycles. The lowest BCUT2D eigenvalue weighted by molar-refractivity contribution is -0.125. The smallest absolute Gasteiger partial charge is 0.241 e. The van der Waals surface area contributed by atoms with Gasteiger partial charge in [0.1, 0.15) is 0 Å². The van der Waals surface area contributed by atoms with E-state index in [0.29, 0.717) is 23.7 Å². The van der Waals surface area contributed by atoms with E-state index in [0.717, 1.165) is 19.4 Å². The van der Waals surface area contributed by atoms with Crippen molar-refractivity contribution in [3.63, 3.8) is 0 Å². The highest BCUT2D eigenvalue weighted by Gasteiger charge is 2.32. The summed E-state index contributed by atoms with van der Waals surface area (Å²) in [6.07, 6.45) is 6.42. The second kappa shape index (κ2) is 9.22. The zero-order valence-corrected chi connectivity index (χ0v) is 17.5. The van der Waals surface area contributed by atoms with Crippen molar-refractivity contribution < 1.29 is 14.4 Å². The molecule has 2 aromatic rings. The molecule has 1 aromatic carbocycles. The molecule has 2 aliphatic heterocycles. The van der Waals surface area contributed by atoms with Gasteiger partial charge in [-0.2, -0.15) is 0 Å². The van der Waals surface area contributed by atoms with Gasteiger partial charge in [-0.1, -0.05) is 12.1 Å². The van der Waals surface area contributed by atoms with Gasteiger partial charge in [-0.15, -0.1) is 0 Å². The quantitative estimate of drug-likeness (QED) is 0.779. The number of carbonyl (C=O) groups is 3. The molecule has 4 rings (SSSR count). The summed E-state index contributed by atoms with van der Waals surface area (Å²) in [5.41, 5.74) is 1.35. The molecule has 31 heavy (non-hydrogen) atoms. The van der Waals surface area contributed by atoms with Crippen LogP contribution in [0.25, 0.3) is 0 Å². The summed E-state index contributed by atoms with van der Waals surface area (Å²) in [5.74, 6) is -0.0881. The predicted octanol–water partition coefficient (Wildman–Crippen LogP) is 1.89. The first-order valence-corrected chi connectivity index (χ1v) is 10.5. The highest BCUT2D eigenvalue weighted by Crippen LogP contribution is 2.31. The van der Waals surface area contributed by atoms with Crippen LogP contribution in [-0.4, -0.2) is 58.3 Å². The van der Waals surface area contributed by atoms with Gasteiger partial charge >= 0.3 is 0 Å². The van der Waals surface area contributed by atoms with Crippen LogP contribution in [0.15, 0.2) is 42.9 Å². The van der Waals surface area contributed by atoms with Crippen LogP contribution in [0, 0.1) is 5.92 Å². The number of nitrogens with zero attached hydrogens (tertiary/aromatic N) is 4. The van der Waals surface area contributed by atoms with Crippen LogP contribution in [0.5, 0.6) is 0 Å². The lowest BCUT2D eigenvalue weighted by atomic mass is 9.97. The first kappa shape index (κ1) is 20.9. The van der Waals surface area contributed by atoms with Crippen molar-refractivity contribution in [2.75, 3.05) is 35.2 Å². The van der Waals surface area contributed by atoms with Gasteiger partial charge in [0.2, 0.25) is 17.7 Å². The van der Waals surface area contributed by atoms with Crippen LogP contribution in [0.1, 0.15) is 26.2 Å². The van der Waals surface area contributed by atoms with E-state index in [2.05, 4.69) is 20.6 Å². The molecule has 2 aliphatic rings. The van der Waals surface area contributed by atoms with Gasteiger partial charge in [-0.05, 0) is 38.4 Å². The highest BCUT2D eigenvalue weighted by atomic mass is 16.2. The Hall–Kier alpha value is -3.33. The van der Waals surface area contributed by atoms with E-state index < -0.39 is 0 Å². The maximum absolute atomic E-state index is 13.3. The van der Waals surface area contributed by atoms with Crippen LogP contribution in [0.4, 0.5) is 17.2 Å². The largest absolute Gasteiger partial charge is 0.324 e. The van der Waals surface area contributed by atoms with E-state index in [-0.39, 0.29) is 42.6 Å². The average molecular weight is 422 g/mol. The summed E-state index contributed by atoms with van der Waals surface area (Å²) in [4.78, 5) is 49.9. The molecule has 0 aliphatic carbocycles. The number of aromatic nitrogens is 2. The first-order valence-electron chi connectivity index (χ1n) is 10.5. The molecule has 2 atom stereocenters. The maximum atomic E-state index is 13.3. The van der Waals surface area contributed by atoms with Crippen molar-refractivity contribution in [3.8, 4) is 0 Å². The van der Waals surface area contributed by atoms with Gasteiger partial charge < -0.3 is 15.5 Å². The number of piperidine rings is 1. The third-order valence-corrected chi connectivity index (χ3v) is 5.68. The molecule has 9 nitrogen and oxygen atoms in total. The van der Waals surface area contributed by atoms with E-state index in [4.69, 9.17) is 0 Å². The molecule has 0 unspecified atom stereocenters. The van der Waals surface area contributed by atoms with Crippen molar-refractivity contribution in [1.29, 1.82) is 0 Å². The highest BCUT2D eigenvalue weighted by molar-refractivity contribution is 6.05. The van der Waals surface area contributed by atoms with E-state index >= 15 is 0 Å². The Kier molecular flexibility index (Phi) is 6.22. The van der Waals surface area contributed by atoms with Gasteiger partial charge in [0.15, 0.2) is 5.82 Å². The molecule has 2 N–H and O–H groups in total. The monoisotopic (exact) mass is 422 g/mol. The zero-order valence-electron chi connectivity index (χ0n) is 17.5. The second-order valence-electron chi connectivity index (χ2n) is 8.04. The fraction of sp³-hybridized carbons (Fsp3) is 0.409. The summed E-state index contributed by atoms with van der Waals surface area (Å²) in [5, 5.41) is 5.68. The predicted molar refractivity (Wildman–Crippen MR) is 116 cm³/mol. The van der Waals surface area contributed by atoms with Crippen LogP contribution in [-0.2, 0) is 14.4 Å². The SMILES string of the molecule is C[C@@H]1CC(=O)Nc2ccccc2N1C(=O)CN1CCC[C@@H](C(=O)Nc2cnccn2)C1. The number of para-hydroxylation sites is 2. The summed E-state index contributed by atoms with van der Waals surface area (Å²) in [6, 6.07) is 7.10. The van der Waals surface area contributed by atoms with Crippen LogP contribution in [0.3, 0.4) is 0 Å². The minimum Gasteiger partial charge on any atom is -0.324 e. The van der Waals surface area contributed by atoms with E-state index in [1.807, 2.05) is 30.0 Å². The van der Waals surface area contributed by atoms with Crippen molar-refractivity contribution in [1.82, 2.24) is 14.9 Å². The van der Waals surface area contributed by atoms with Crippen molar-refractivity contribution in [3.05, 3.63) is 42.9 Å². The molecule has 3 amide bonds. The molecule has 3 heterocycles. The minimum atomic E-state index is -0.253. The van der Waals surface area contributed by atoms with Gasteiger partial charge in [0.25, 0.3) is 0 Å². The summed E-state index contributed by atoms with van der Waals surface area (Å²) in [7, 11) is 0. The fourth-order valence-electron chi connectivity index (χ4n) is 4.24. The van der Waals surface area contributed by atoms with E-state index in [1.165, 1.54) is 12.4 Å². The number of carbonyl (C=O) groups excluding carboxylic acids is 3. The van der Waals surface area contributed by atoms with Crippen LogP contribution < -0.4 is 15.5 Å². The van der Waals surface area contributed by atoms with E-state index in [9.17, 15) is 14.4 Å². The molecule has 162 valence electrons. The maximum Gasteiger partial charge on any atom is 0.241 e. The standard InChI is InChI=1S/C22H26N6O3/c1-15-11-20(29)25-17-6-2-3-7-18(17)28(15)21(30)14-27-10-4-5-16(13-27)22(31)26-19-12-23-8-9-24-19/h2-3,6-9,12,15-16H,4-5,10-11,13-14H2,1H3,(H,25,29)(H,24,26,31)/t15-,16-/m1/s1. The third-order valence-electron chi connectivity index (χ3n) is 5.68. The average Bonchev–Trinajstić information content (AvgIpc) is 2.88. The lowest BCUT2D eigenvalue weighted by Crippen LogP contribution is -2.48. The number of likely N-dealkylation sites (tertiary alicyclic amines) is 1. The Labute approximate surface area is 180 Å². The Bertz CT molecular complexity index is 967. The Morgan fingerprint density at radius 3 is 2.90 bits per heavy atom. The number of hydrogen-bond acceptors (Lipinski definition) is 6. The number of fused-ring (bicyclic) bond motifs is 1. The molecule has 1 saturated heterocycles. The number of amides is 3. The number of rotatable bonds is 4. The summed E-state index contributed by atoms with van der Waals surface area (Å²) in [6.45, 7) is 3.33. The topological polar surface area (TPSA) is 108 Å². The van der Waals surface area contributed by atoms with Gasteiger partial charge in [-0.25, -0.2) is 4.98 Å². The zero-order chi connectivity index (χ0) is 21.8. The Balaban J connectivity index is 1.43. The van der Waals surface area contributed by atoms with Gasteiger partial charge in [0, 0.05) is 31.4 Å². The van der Waals surface area contributed by atoms with Gasteiger partial charge in [-0.3, -0.25) is 24.3 Å². The molecular weight excluding hydrogens is 396 g/mol. The van der Waals surface area contributed by atoms with Crippen LogP contribution in [0.2, 0.25) is 0 Å². The van der Waals surface area contributed by atoms with E-state index in [1.54, 1.807) is 17.2 Å². The normalized spacial score (nSPS) is 21.6. The van der Waals surface area contributed by atoms with Crippen molar-refractivity contribution >= 4 is 34.9 Å². The molecule has 0 bridgehead atoms. The summed E-state index contributed by atoms with van der Waals surface area (Å²) < 4.78 is 0. The molecule has 1 fully saturated rings. The minimum absolute atomic E-state index is 0.0774. The number of nitrogens with one attached hydrogen (secondary N) is 2. The molecule has 0 spiro atoms. The second-order valence-corrected chi connectivity index (χ2v) is 8.04. The Morgan fingerprint density at radius 2 is 2.10 bits per heavy atom. The first-order chi connectivity index (χ1) is 15.0. The van der Waals surface area contributed by atoms with Crippen molar-refractivity contribution in [2.45, 2.75) is 32.2 Å². The lowest BCUT2D eigenvalue weighted by Gasteiger charge is -2.34. The third kappa shape index (κ3) is 4.88. The van der Waals surface area contributed by atoms with Crippen LogP contribution >= 0.6 is 0 Å². The molecule has 0 saturated carbocycles. The molecule has 0 radical (unpaired) electrons. The van der Waals surface area contributed by atoms with Gasteiger partial charge in [0.05, 0.1) is 30.0 Å². The number of benzene rings is 1. The molecule has 9 heteroatoms. The molecular formula is C22H26N6O3. The van der Waals surface area contributed by atoms with Crippen molar-refractivity contribution in [2.24, 2.45) is 5.92 Å². The summed E-state index contributed by atoms with van der Waals surface area (Å²) >= 11 is 0. The fourth-order valence-corrected chi connectivity index (χ4v) is 4.24. The number of anilines is 3. The number of hydrogen-bond donors (Lipinski definition) is 2. The Morgan fingerprint density at radius 1 is 1.26 bits per heavy atom.